The molecule has 0 aliphatic carbocycles. The number of nitrogens with two attached hydrogens (primary N) is 1. The number of hydrogen-bond acceptors (Lipinski definition) is 6. The summed E-state index contributed by atoms with van der Waals surface area (Å²) in [6.45, 7) is 7.53. The molecule has 4 rings (SSSR count). The van der Waals surface area contributed by atoms with Crippen LogP contribution in [0.2, 0.25) is 0 Å². The number of nitrogens with one attached hydrogen (secondary N) is 1. The Labute approximate surface area is 176 Å². The van der Waals surface area contributed by atoms with E-state index in [9.17, 15) is 4.39 Å². The van der Waals surface area contributed by atoms with Crippen LogP contribution < -0.4 is 20.9 Å². The van der Waals surface area contributed by atoms with Gasteiger partial charge in [0.1, 0.15) is 17.8 Å². The molecular formula is C23H27FN6. The molecule has 2 aromatic carbocycles. The Morgan fingerprint density at radius 3 is 2.17 bits per heavy atom. The number of anilines is 5. The van der Waals surface area contributed by atoms with E-state index in [2.05, 4.69) is 51.1 Å². The molecule has 156 valence electrons. The van der Waals surface area contributed by atoms with Gasteiger partial charge in [-0.05, 0) is 47.9 Å². The first-order chi connectivity index (χ1) is 14.5. The molecule has 3 N–H and O–H groups in total. The lowest BCUT2D eigenvalue weighted by Gasteiger charge is -2.37. The van der Waals surface area contributed by atoms with E-state index in [1.54, 1.807) is 6.33 Å². The van der Waals surface area contributed by atoms with Crippen LogP contribution in [-0.4, -0.2) is 36.1 Å². The van der Waals surface area contributed by atoms with Gasteiger partial charge >= 0.3 is 0 Å². The molecule has 0 bridgehead atoms. The first kappa shape index (κ1) is 19.9. The zero-order valence-electron chi connectivity index (χ0n) is 17.3. The number of halogens is 1. The molecule has 0 unspecified atom stereocenters. The highest BCUT2D eigenvalue weighted by Crippen LogP contribution is 2.30. The molecule has 1 aliphatic rings. The van der Waals surface area contributed by atoms with Crippen LogP contribution in [0.15, 0.2) is 54.9 Å². The van der Waals surface area contributed by atoms with Gasteiger partial charge in [-0.3, -0.25) is 0 Å². The van der Waals surface area contributed by atoms with Crippen molar-refractivity contribution in [2.75, 3.05) is 47.0 Å². The average molecular weight is 407 g/mol. The number of benzene rings is 2. The molecule has 2 heterocycles. The lowest BCUT2D eigenvalue weighted by atomic mass is 10.0. The monoisotopic (exact) mass is 406 g/mol. The van der Waals surface area contributed by atoms with E-state index in [-0.39, 0.29) is 5.82 Å². The fraction of sp³-hybridized carbons (Fsp3) is 0.304. The maximum Gasteiger partial charge on any atom is 0.159 e. The lowest BCUT2D eigenvalue weighted by Crippen LogP contribution is -2.47. The van der Waals surface area contributed by atoms with Gasteiger partial charge in [-0.25, -0.2) is 14.4 Å². The van der Waals surface area contributed by atoms with E-state index in [0.29, 0.717) is 17.4 Å². The number of hydrogen-bond donors (Lipinski definition) is 2. The molecule has 30 heavy (non-hydrogen) atoms. The molecule has 1 aliphatic heterocycles. The number of nitrogen functional groups attached to an aromatic ring is 1. The largest absolute Gasteiger partial charge is 0.393 e. The van der Waals surface area contributed by atoms with Crippen LogP contribution in [0.5, 0.6) is 0 Å². The Bertz CT molecular complexity index is 980. The number of rotatable bonds is 5. The first-order valence-electron chi connectivity index (χ1n) is 10.2. The van der Waals surface area contributed by atoms with Gasteiger partial charge in [-0.15, -0.1) is 0 Å². The summed E-state index contributed by atoms with van der Waals surface area (Å²) in [5, 5.41) is 3.31. The fourth-order valence-corrected chi connectivity index (χ4v) is 3.65. The molecule has 0 saturated carbocycles. The average Bonchev–Trinajstić information content (AvgIpc) is 2.76. The van der Waals surface area contributed by atoms with E-state index >= 15 is 0 Å². The van der Waals surface area contributed by atoms with Gasteiger partial charge in [0.2, 0.25) is 0 Å². The van der Waals surface area contributed by atoms with E-state index in [0.717, 1.165) is 43.4 Å². The van der Waals surface area contributed by atoms with Crippen LogP contribution >= 0.6 is 0 Å². The first-order valence-corrected chi connectivity index (χ1v) is 10.2. The van der Waals surface area contributed by atoms with Crippen LogP contribution in [0, 0.1) is 5.82 Å². The zero-order valence-corrected chi connectivity index (χ0v) is 17.3. The zero-order chi connectivity index (χ0) is 21.1. The second kappa shape index (κ2) is 8.57. The SMILES string of the molecule is CC(C)c1ccc(Nc2ncnc(N3CCN(c4ccc(F)cc4)CC3)c2N)cc1. The summed E-state index contributed by atoms with van der Waals surface area (Å²) in [4.78, 5) is 13.2. The van der Waals surface area contributed by atoms with Crippen molar-refractivity contribution < 1.29 is 4.39 Å². The molecular weight excluding hydrogens is 379 g/mol. The Kier molecular flexibility index (Phi) is 5.70. The molecule has 1 fully saturated rings. The molecule has 7 heteroatoms. The van der Waals surface area contributed by atoms with E-state index in [4.69, 9.17) is 5.73 Å². The minimum atomic E-state index is -0.218. The predicted molar refractivity (Wildman–Crippen MR) is 121 cm³/mol. The van der Waals surface area contributed by atoms with Crippen molar-refractivity contribution in [3.63, 3.8) is 0 Å². The van der Waals surface area contributed by atoms with E-state index in [1.807, 2.05) is 24.3 Å². The molecule has 0 atom stereocenters. The smallest absolute Gasteiger partial charge is 0.159 e. The molecule has 0 amide bonds. The summed E-state index contributed by atoms with van der Waals surface area (Å²) in [6.07, 6.45) is 1.54. The van der Waals surface area contributed by atoms with Crippen LogP contribution in [0.25, 0.3) is 0 Å². The van der Waals surface area contributed by atoms with Crippen molar-refractivity contribution in [2.45, 2.75) is 19.8 Å². The quantitative estimate of drug-likeness (QED) is 0.655. The highest BCUT2D eigenvalue weighted by Gasteiger charge is 2.21. The Hall–Kier alpha value is -3.35. The molecule has 1 aromatic heterocycles. The summed E-state index contributed by atoms with van der Waals surface area (Å²) in [5.41, 5.74) is 10.2. The lowest BCUT2D eigenvalue weighted by molar-refractivity contribution is 0.624. The van der Waals surface area contributed by atoms with E-state index in [1.165, 1.54) is 17.7 Å². The number of nitrogens with zero attached hydrogens (tertiary/aromatic N) is 4. The standard InChI is InChI=1S/C23H27FN6/c1-16(2)17-3-7-19(8-4-17)28-22-21(25)23(27-15-26-22)30-13-11-29(12-14-30)20-9-5-18(24)6-10-20/h3-10,15-16H,11-14,25H2,1-2H3,(H,26,27,28). The summed E-state index contributed by atoms with van der Waals surface area (Å²) < 4.78 is 13.2. The Balaban J connectivity index is 1.45. The molecule has 6 nitrogen and oxygen atoms in total. The summed E-state index contributed by atoms with van der Waals surface area (Å²) in [6, 6.07) is 14.9. The maximum atomic E-state index is 13.2. The van der Waals surface area contributed by atoms with Gasteiger partial charge in [-0.1, -0.05) is 26.0 Å². The van der Waals surface area contributed by atoms with Crippen molar-refractivity contribution in [1.82, 2.24) is 9.97 Å². The van der Waals surface area contributed by atoms with Crippen LogP contribution in [0.3, 0.4) is 0 Å². The van der Waals surface area contributed by atoms with Gasteiger partial charge in [0.15, 0.2) is 11.6 Å². The van der Waals surface area contributed by atoms with Crippen molar-refractivity contribution in [3.05, 3.63) is 66.2 Å². The van der Waals surface area contributed by atoms with Gasteiger partial charge in [0.05, 0.1) is 0 Å². The third-order valence-corrected chi connectivity index (χ3v) is 5.47. The van der Waals surface area contributed by atoms with Crippen LogP contribution in [0.1, 0.15) is 25.3 Å². The minimum Gasteiger partial charge on any atom is -0.393 e. The number of piperazine rings is 1. The second-order valence-corrected chi connectivity index (χ2v) is 7.81. The second-order valence-electron chi connectivity index (χ2n) is 7.81. The van der Waals surface area contributed by atoms with Crippen molar-refractivity contribution in [1.29, 1.82) is 0 Å². The number of aromatic nitrogens is 2. The summed E-state index contributed by atoms with van der Waals surface area (Å²) in [5.74, 6) is 1.62. The van der Waals surface area contributed by atoms with Gasteiger partial charge < -0.3 is 20.9 Å². The molecule has 3 aromatic rings. The highest BCUT2D eigenvalue weighted by molar-refractivity contribution is 5.78. The fourth-order valence-electron chi connectivity index (χ4n) is 3.65. The summed E-state index contributed by atoms with van der Waals surface area (Å²) >= 11 is 0. The van der Waals surface area contributed by atoms with Crippen molar-refractivity contribution in [3.8, 4) is 0 Å². The Morgan fingerprint density at radius 2 is 1.53 bits per heavy atom. The van der Waals surface area contributed by atoms with Gasteiger partial charge in [0.25, 0.3) is 0 Å². The topological polar surface area (TPSA) is 70.3 Å². The molecule has 1 saturated heterocycles. The normalized spacial score (nSPS) is 14.3. The minimum absolute atomic E-state index is 0.218. The third-order valence-electron chi connectivity index (χ3n) is 5.47. The molecule has 0 radical (unpaired) electrons. The van der Waals surface area contributed by atoms with Crippen LogP contribution in [-0.2, 0) is 0 Å². The third kappa shape index (κ3) is 4.30. The summed E-state index contributed by atoms with van der Waals surface area (Å²) in [7, 11) is 0. The van der Waals surface area contributed by atoms with E-state index < -0.39 is 0 Å². The maximum absolute atomic E-state index is 13.2. The predicted octanol–water partition coefficient (Wildman–Crippen LogP) is 4.39. The Morgan fingerprint density at radius 1 is 0.900 bits per heavy atom. The van der Waals surface area contributed by atoms with Gasteiger partial charge in [0, 0.05) is 37.6 Å². The van der Waals surface area contributed by atoms with Gasteiger partial charge in [-0.2, -0.15) is 0 Å². The molecule has 0 spiro atoms. The highest BCUT2D eigenvalue weighted by atomic mass is 19.1. The van der Waals surface area contributed by atoms with Crippen molar-refractivity contribution >= 4 is 28.7 Å². The van der Waals surface area contributed by atoms with Crippen LogP contribution in [0.4, 0.5) is 33.1 Å². The van der Waals surface area contributed by atoms with Crippen molar-refractivity contribution in [2.24, 2.45) is 0 Å².